The summed E-state index contributed by atoms with van der Waals surface area (Å²) in [5, 5.41) is 12.8. The van der Waals surface area contributed by atoms with Gasteiger partial charge in [0.25, 0.3) is 0 Å². The molecule has 3 unspecified atom stereocenters. The van der Waals surface area contributed by atoms with E-state index in [2.05, 4.69) is 27.7 Å². The van der Waals surface area contributed by atoms with Gasteiger partial charge in [0.15, 0.2) is 23.1 Å². The smallest absolute Gasteiger partial charge is 0.490 e. The Morgan fingerprint density at radius 2 is 1.69 bits per heavy atom. The van der Waals surface area contributed by atoms with E-state index in [-0.39, 0.29) is 17.1 Å². The number of carbonyl (C=O) groups excluding carboxylic acids is 1. The second kappa shape index (κ2) is 12.7. The average Bonchev–Trinajstić information content (AvgIpc) is 3.70. The van der Waals surface area contributed by atoms with Crippen LogP contribution in [0.2, 0.25) is 0 Å². The standard InChI is InChI=1S/C27H33F2N3O3.C2HF3O2/c1-34-23-8-5-18(13-24(23)35-2)27-10-9-20(15-25(27)32(12-11-27)16-17-3-4-17)31-26(33)30-19-6-7-21(28)22(29)14-19;3-2(4,5)1(6)7/h5-8,13-14,17,20,25H,3-4,9-12,15-16H2,1-2H3,(H2,30,31,33);(H,6,7). The van der Waals surface area contributed by atoms with Crippen molar-refractivity contribution in [2.75, 3.05) is 32.6 Å². The Morgan fingerprint density at radius 1 is 1.00 bits per heavy atom. The number of likely N-dealkylation sites (tertiary alicyclic amines) is 1. The maximum Gasteiger partial charge on any atom is 0.490 e. The molecule has 1 aliphatic heterocycles. The number of amides is 2. The molecule has 42 heavy (non-hydrogen) atoms. The normalized spacial score (nSPS) is 23.7. The van der Waals surface area contributed by atoms with Gasteiger partial charge in [-0.25, -0.2) is 18.4 Å². The Hall–Kier alpha value is -3.61. The van der Waals surface area contributed by atoms with Gasteiger partial charge in [-0.3, -0.25) is 4.90 Å². The van der Waals surface area contributed by atoms with E-state index in [1.807, 2.05) is 6.07 Å². The lowest BCUT2D eigenvalue weighted by Gasteiger charge is -2.45. The number of fused-ring (bicyclic) bond motifs is 1. The molecule has 1 heterocycles. The molecule has 2 amide bonds. The van der Waals surface area contributed by atoms with Crippen molar-refractivity contribution in [2.45, 2.75) is 62.2 Å². The number of rotatable bonds is 7. The van der Waals surface area contributed by atoms with E-state index >= 15 is 0 Å². The lowest BCUT2D eigenvalue weighted by atomic mass is 9.65. The van der Waals surface area contributed by atoms with Gasteiger partial charge in [-0.1, -0.05) is 6.07 Å². The van der Waals surface area contributed by atoms with Gasteiger partial charge >= 0.3 is 18.2 Å². The van der Waals surface area contributed by atoms with E-state index in [9.17, 15) is 26.7 Å². The number of hydrogen-bond acceptors (Lipinski definition) is 5. The lowest BCUT2D eigenvalue weighted by molar-refractivity contribution is -0.192. The summed E-state index contributed by atoms with van der Waals surface area (Å²) in [6.07, 6.45) is 1.22. The largest absolute Gasteiger partial charge is 0.493 e. The first-order valence-electron chi connectivity index (χ1n) is 13.7. The molecule has 3 aliphatic rings. The predicted octanol–water partition coefficient (Wildman–Crippen LogP) is 5.71. The zero-order chi connectivity index (χ0) is 30.7. The molecule has 2 aliphatic carbocycles. The summed E-state index contributed by atoms with van der Waals surface area (Å²) in [5.74, 6) is -2.44. The predicted molar refractivity (Wildman–Crippen MR) is 144 cm³/mol. The van der Waals surface area contributed by atoms with E-state index in [1.54, 1.807) is 14.2 Å². The van der Waals surface area contributed by atoms with Crippen molar-refractivity contribution in [1.82, 2.24) is 10.2 Å². The number of urea groups is 1. The van der Waals surface area contributed by atoms with Gasteiger partial charge in [0.2, 0.25) is 0 Å². The van der Waals surface area contributed by atoms with Crippen LogP contribution >= 0.6 is 0 Å². The van der Waals surface area contributed by atoms with Crippen LogP contribution in [0.25, 0.3) is 0 Å². The lowest BCUT2D eigenvalue weighted by Crippen LogP contribution is -2.53. The molecular formula is C29H34F5N3O5. The number of hydrogen-bond donors (Lipinski definition) is 3. The van der Waals surface area contributed by atoms with Gasteiger partial charge in [-0.2, -0.15) is 13.2 Å². The molecule has 2 saturated carbocycles. The van der Waals surface area contributed by atoms with E-state index in [0.717, 1.165) is 68.3 Å². The number of carboxylic acids is 1. The second-order valence-electron chi connectivity index (χ2n) is 10.9. The molecule has 3 N–H and O–H groups in total. The summed E-state index contributed by atoms with van der Waals surface area (Å²) in [6.45, 7) is 2.15. The van der Waals surface area contributed by atoms with Crippen molar-refractivity contribution in [3.8, 4) is 11.5 Å². The molecular weight excluding hydrogens is 565 g/mol. The zero-order valence-corrected chi connectivity index (χ0v) is 23.3. The van der Waals surface area contributed by atoms with Crippen LogP contribution in [0.4, 0.5) is 32.4 Å². The van der Waals surface area contributed by atoms with Gasteiger partial charge < -0.3 is 25.2 Å². The molecule has 230 valence electrons. The van der Waals surface area contributed by atoms with Gasteiger partial charge in [0.05, 0.1) is 14.2 Å². The van der Waals surface area contributed by atoms with Crippen molar-refractivity contribution in [3.63, 3.8) is 0 Å². The highest BCUT2D eigenvalue weighted by Gasteiger charge is 2.52. The molecule has 2 aromatic rings. The van der Waals surface area contributed by atoms with Crippen molar-refractivity contribution in [2.24, 2.45) is 5.92 Å². The summed E-state index contributed by atoms with van der Waals surface area (Å²) in [6, 6.07) is 9.55. The highest BCUT2D eigenvalue weighted by Crippen LogP contribution is 2.51. The third-order valence-electron chi connectivity index (χ3n) is 8.27. The maximum absolute atomic E-state index is 13.5. The van der Waals surface area contributed by atoms with E-state index in [0.29, 0.717) is 6.04 Å². The minimum atomic E-state index is -5.08. The van der Waals surface area contributed by atoms with Gasteiger partial charge in [-0.15, -0.1) is 0 Å². The van der Waals surface area contributed by atoms with Crippen molar-refractivity contribution >= 4 is 17.7 Å². The molecule has 3 atom stereocenters. The minimum Gasteiger partial charge on any atom is -0.493 e. The minimum absolute atomic E-state index is 0.00151. The first kappa shape index (κ1) is 31.3. The summed E-state index contributed by atoms with van der Waals surface area (Å²) in [7, 11) is 3.31. The molecule has 8 nitrogen and oxygen atoms in total. The molecule has 5 rings (SSSR count). The topological polar surface area (TPSA) is 100 Å². The van der Waals surface area contributed by atoms with Crippen LogP contribution in [-0.2, 0) is 10.2 Å². The number of ether oxygens (including phenoxy) is 2. The van der Waals surface area contributed by atoms with E-state index in [1.165, 1.54) is 24.5 Å². The molecule has 3 fully saturated rings. The van der Waals surface area contributed by atoms with Gasteiger partial charge in [-0.05, 0) is 80.8 Å². The summed E-state index contributed by atoms with van der Waals surface area (Å²) >= 11 is 0. The number of aliphatic carboxylic acids is 1. The Bertz CT molecular complexity index is 1290. The number of alkyl halides is 3. The molecule has 13 heteroatoms. The fraction of sp³-hybridized carbons (Fsp3) is 0.517. The van der Waals surface area contributed by atoms with Crippen molar-refractivity contribution in [3.05, 3.63) is 53.6 Å². The Balaban J connectivity index is 0.000000517. The molecule has 0 spiro atoms. The highest BCUT2D eigenvalue weighted by atomic mass is 19.4. The Kier molecular flexibility index (Phi) is 9.49. The van der Waals surface area contributed by atoms with Crippen LogP contribution in [0, 0.1) is 17.6 Å². The average molecular weight is 600 g/mol. The number of carbonyl (C=O) groups is 2. The first-order chi connectivity index (χ1) is 19.9. The highest BCUT2D eigenvalue weighted by molar-refractivity contribution is 5.89. The molecule has 1 saturated heterocycles. The van der Waals surface area contributed by atoms with Gasteiger partial charge in [0, 0.05) is 35.8 Å². The zero-order valence-electron chi connectivity index (χ0n) is 23.3. The summed E-state index contributed by atoms with van der Waals surface area (Å²) in [4.78, 5) is 24.2. The number of nitrogens with zero attached hydrogens (tertiary/aromatic N) is 1. The maximum atomic E-state index is 13.5. The van der Waals surface area contributed by atoms with Crippen LogP contribution in [0.3, 0.4) is 0 Å². The molecule has 0 aromatic heterocycles. The fourth-order valence-corrected chi connectivity index (χ4v) is 6.04. The van der Waals surface area contributed by atoms with Crippen LogP contribution < -0.4 is 20.1 Å². The number of nitrogens with one attached hydrogen (secondary N) is 2. The third-order valence-corrected chi connectivity index (χ3v) is 8.27. The first-order valence-corrected chi connectivity index (χ1v) is 13.7. The summed E-state index contributed by atoms with van der Waals surface area (Å²) < 4.78 is 69.5. The fourth-order valence-electron chi connectivity index (χ4n) is 6.04. The van der Waals surface area contributed by atoms with Crippen LogP contribution in [0.5, 0.6) is 11.5 Å². The van der Waals surface area contributed by atoms with E-state index < -0.39 is 29.8 Å². The SMILES string of the molecule is COc1ccc(C23CCC(NC(=O)Nc4ccc(F)c(F)c4)CC2N(CC2CC2)CC3)cc1OC.O=C(O)C(F)(F)F. The molecule has 2 aromatic carbocycles. The van der Waals surface area contributed by atoms with Gasteiger partial charge in [0.1, 0.15) is 0 Å². The number of methoxy groups -OCH3 is 2. The molecule has 0 radical (unpaired) electrons. The summed E-state index contributed by atoms with van der Waals surface area (Å²) in [5.41, 5.74) is 1.50. The number of carboxylic acid groups (broad SMARTS) is 1. The van der Waals surface area contributed by atoms with E-state index in [4.69, 9.17) is 19.4 Å². The van der Waals surface area contributed by atoms with Crippen LogP contribution in [0.1, 0.15) is 44.1 Å². The van der Waals surface area contributed by atoms with Crippen LogP contribution in [-0.4, -0.2) is 67.6 Å². The second-order valence-corrected chi connectivity index (χ2v) is 10.9. The third kappa shape index (κ3) is 7.23. The van der Waals surface area contributed by atoms with Crippen molar-refractivity contribution in [1.29, 1.82) is 0 Å². The Labute approximate surface area is 240 Å². The Morgan fingerprint density at radius 3 is 2.29 bits per heavy atom. The quantitative estimate of drug-likeness (QED) is 0.353. The monoisotopic (exact) mass is 599 g/mol. The number of benzene rings is 2. The number of anilines is 1. The number of halogens is 5. The van der Waals surface area contributed by atoms with Crippen LogP contribution in [0.15, 0.2) is 36.4 Å². The van der Waals surface area contributed by atoms with Crippen molar-refractivity contribution < 1.29 is 46.1 Å². The molecule has 0 bridgehead atoms.